The number of carbonyl (C=O) groups excluding carboxylic acids is 2. The fraction of sp³-hybridized carbons (Fsp3) is 0.286. The summed E-state index contributed by atoms with van der Waals surface area (Å²) < 4.78 is 23.1. The number of hydrogen-bond donors (Lipinski definition) is 2. The summed E-state index contributed by atoms with van der Waals surface area (Å²) in [6, 6.07) is 9.73. The number of carbonyl (C=O) groups is 2. The average Bonchev–Trinajstić information content (AvgIpc) is 3.26. The number of ether oxygens (including phenoxy) is 1. The van der Waals surface area contributed by atoms with Gasteiger partial charge in [-0.15, -0.1) is 0 Å². The van der Waals surface area contributed by atoms with E-state index in [0.717, 1.165) is 5.92 Å². The lowest BCUT2D eigenvalue weighted by molar-refractivity contribution is -0.115. The minimum atomic E-state index is -0.577. The normalized spacial score (nSPS) is 19.6. The van der Waals surface area contributed by atoms with Crippen molar-refractivity contribution in [3.05, 3.63) is 77.5 Å². The number of pyridine rings is 1. The van der Waals surface area contributed by atoms with Gasteiger partial charge in [0.15, 0.2) is 11.6 Å². The summed E-state index contributed by atoms with van der Waals surface area (Å²) in [6.45, 7) is 1.73. The molecule has 3 saturated carbocycles. The van der Waals surface area contributed by atoms with Crippen molar-refractivity contribution in [2.24, 2.45) is 5.92 Å². The molecule has 2 amide bonds. The van der Waals surface area contributed by atoms with Gasteiger partial charge in [0.1, 0.15) is 5.75 Å². The van der Waals surface area contributed by atoms with E-state index in [0.29, 0.717) is 39.0 Å². The molecule has 0 radical (unpaired) electrons. The molecule has 2 N–H and O–H groups in total. The van der Waals surface area contributed by atoms with Crippen molar-refractivity contribution in [1.29, 1.82) is 0 Å². The summed E-state index contributed by atoms with van der Waals surface area (Å²) in [5, 5.41) is 10.5. The van der Waals surface area contributed by atoms with Crippen LogP contribution in [0.5, 0.6) is 11.5 Å². The molecule has 7 rings (SSSR count). The maximum Gasteiger partial charge on any atom is 0.251 e. The third kappa shape index (κ3) is 4.10. The van der Waals surface area contributed by atoms with Gasteiger partial charge in [0, 0.05) is 30.4 Å². The lowest BCUT2D eigenvalue weighted by Crippen LogP contribution is -2.59. The standard InChI is InChI=1S/C28H26FN5O3/c1-16-7-17(9-25(35)33-20-14-32-34(15-20)28-11-18(12-28)13-28)8-22(29)26(16)37-24-5-6-31-23-4-3-19(10-21(23)24)27(36)30-2/h3-8,10,14-15,18H,9,11-13H2,1-2H3,(H,30,36)(H,33,35). The summed E-state index contributed by atoms with van der Waals surface area (Å²) >= 11 is 0. The minimum Gasteiger partial charge on any atom is -0.453 e. The topological polar surface area (TPSA) is 98.1 Å². The van der Waals surface area contributed by atoms with Crippen LogP contribution in [0.25, 0.3) is 10.9 Å². The van der Waals surface area contributed by atoms with Crippen LogP contribution in [-0.4, -0.2) is 33.6 Å². The number of aryl methyl sites for hydroxylation is 1. The average molecular weight is 500 g/mol. The summed E-state index contributed by atoms with van der Waals surface area (Å²) in [5.41, 5.74) is 2.95. The molecule has 0 spiro atoms. The molecule has 188 valence electrons. The van der Waals surface area contributed by atoms with Gasteiger partial charge < -0.3 is 15.4 Å². The van der Waals surface area contributed by atoms with Crippen molar-refractivity contribution in [2.75, 3.05) is 12.4 Å². The van der Waals surface area contributed by atoms with E-state index in [2.05, 4.69) is 20.7 Å². The molecular weight excluding hydrogens is 473 g/mol. The molecule has 2 aromatic carbocycles. The first-order valence-electron chi connectivity index (χ1n) is 12.3. The van der Waals surface area contributed by atoms with Gasteiger partial charge in [-0.25, -0.2) is 4.39 Å². The number of nitrogens with zero attached hydrogens (tertiary/aromatic N) is 3. The molecule has 2 heterocycles. The second-order valence-electron chi connectivity index (χ2n) is 10.0. The van der Waals surface area contributed by atoms with Crippen molar-refractivity contribution in [1.82, 2.24) is 20.1 Å². The maximum absolute atomic E-state index is 15.2. The quantitative estimate of drug-likeness (QED) is 0.383. The number of anilines is 1. The van der Waals surface area contributed by atoms with Gasteiger partial charge in [0.2, 0.25) is 5.91 Å². The van der Waals surface area contributed by atoms with E-state index in [1.54, 1.807) is 56.7 Å². The summed E-state index contributed by atoms with van der Waals surface area (Å²) in [7, 11) is 1.55. The Labute approximate surface area is 212 Å². The highest BCUT2D eigenvalue weighted by molar-refractivity contribution is 5.99. The molecule has 0 saturated heterocycles. The molecule has 2 aromatic heterocycles. The second-order valence-corrected chi connectivity index (χ2v) is 10.0. The lowest BCUT2D eigenvalue weighted by Gasteiger charge is -2.61. The van der Waals surface area contributed by atoms with Crippen molar-refractivity contribution < 1.29 is 18.7 Å². The fourth-order valence-corrected chi connectivity index (χ4v) is 5.39. The second kappa shape index (κ2) is 8.69. The van der Waals surface area contributed by atoms with Gasteiger partial charge >= 0.3 is 0 Å². The molecule has 3 aliphatic carbocycles. The monoisotopic (exact) mass is 499 g/mol. The van der Waals surface area contributed by atoms with Gasteiger partial charge in [-0.2, -0.15) is 5.10 Å². The third-order valence-corrected chi connectivity index (χ3v) is 7.41. The Kier molecular flexibility index (Phi) is 5.43. The number of aromatic nitrogens is 3. The molecule has 4 aromatic rings. The van der Waals surface area contributed by atoms with E-state index < -0.39 is 5.82 Å². The van der Waals surface area contributed by atoms with Crippen LogP contribution >= 0.6 is 0 Å². The zero-order valence-corrected chi connectivity index (χ0v) is 20.5. The summed E-state index contributed by atoms with van der Waals surface area (Å²) in [6.07, 6.45) is 8.63. The molecule has 3 aliphatic rings. The number of nitrogens with one attached hydrogen (secondary N) is 2. The molecule has 3 fully saturated rings. The van der Waals surface area contributed by atoms with Crippen molar-refractivity contribution in [2.45, 2.75) is 38.1 Å². The Morgan fingerprint density at radius 1 is 1.19 bits per heavy atom. The Morgan fingerprint density at radius 3 is 2.70 bits per heavy atom. The van der Waals surface area contributed by atoms with E-state index in [1.165, 1.54) is 25.3 Å². The van der Waals surface area contributed by atoms with E-state index in [-0.39, 0.29) is 29.5 Å². The molecule has 0 atom stereocenters. The lowest BCUT2D eigenvalue weighted by atomic mass is 9.50. The Bertz CT molecular complexity index is 1520. The van der Waals surface area contributed by atoms with E-state index >= 15 is 4.39 Å². The van der Waals surface area contributed by atoms with Crippen LogP contribution in [0.4, 0.5) is 10.1 Å². The number of amides is 2. The number of benzene rings is 2. The largest absolute Gasteiger partial charge is 0.453 e. The van der Waals surface area contributed by atoms with E-state index in [4.69, 9.17) is 4.74 Å². The van der Waals surface area contributed by atoms with Crippen molar-refractivity contribution >= 4 is 28.4 Å². The maximum atomic E-state index is 15.2. The highest BCUT2D eigenvalue weighted by Gasteiger charge is 2.58. The Morgan fingerprint density at radius 2 is 2.00 bits per heavy atom. The summed E-state index contributed by atoms with van der Waals surface area (Å²) in [5.74, 6) is 0.210. The highest BCUT2D eigenvalue weighted by Crippen LogP contribution is 2.62. The van der Waals surface area contributed by atoms with Crippen LogP contribution in [0.15, 0.2) is 55.0 Å². The van der Waals surface area contributed by atoms with E-state index in [1.807, 2.05) is 10.9 Å². The number of rotatable bonds is 7. The van der Waals surface area contributed by atoms with Crippen LogP contribution in [-0.2, 0) is 16.8 Å². The number of halogens is 1. The Hall–Kier alpha value is -4.27. The number of hydrogen-bond acceptors (Lipinski definition) is 5. The molecule has 8 nitrogen and oxygen atoms in total. The molecule has 2 bridgehead atoms. The first kappa shape index (κ1) is 23.1. The van der Waals surface area contributed by atoms with Crippen LogP contribution in [0.2, 0.25) is 0 Å². The predicted octanol–water partition coefficient (Wildman–Crippen LogP) is 4.72. The Balaban J connectivity index is 1.18. The predicted molar refractivity (Wildman–Crippen MR) is 136 cm³/mol. The molecule has 0 unspecified atom stereocenters. The van der Waals surface area contributed by atoms with Gasteiger partial charge in [0.05, 0.1) is 29.4 Å². The van der Waals surface area contributed by atoms with Gasteiger partial charge in [0.25, 0.3) is 5.91 Å². The molecular formula is C28H26FN5O3. The van der Waals surface area contributed by atoms with Crippen molar-refractivity contribution in [3.63, 3.8) is 0 Å². The highest BCUT2D eigenvalue weighted by atomic mass is 19.1. The SMILES string of the molecule is CNC(=O)c1ccc2nccc(Oc3c(C)cc(CC(=O)Nc4cnn(C56CC(C5)C6)c4)cc3F)c2c1. The fourth-order valence-electron chi connectivity index (χ4n) is 5.39. The smallest absolute Gasteiger partial charge is 0.251 e. The van der Waals surface area contributed by atoms with Crippen molar-refractivity contribution in [3.8, 4) is 11.5 Å². The first-order chi connectivity index (χ1) is 17.8. The zero-order chi connectivity index (χ0) is 25.7. The zero-order valence-electron chi connectivity index (χ0n) is 20.5. The number of fused-ring (bicyclic) bond motifs is 1. The molecule has 9 heteroatoms. The van der Waals surface area contributed by atoms with Gasteiger partial charge in [-0.1, -0.05) is 6.07 Å². The van der Waals surface area contributed by atoms with Crippen LogP contribution in [0, 0.1) is 18.7 Å². The first-order valence-corrected chi connectivity index (χ1v) is 12.3. The van der Waals surface area contributed by atoms with Crippen LogP contribution in [0.1, 0.15) is 40.7 Å². The third-order valence-electron chi connectivity index (χ3n) is 7.41. The van der Waals surface area contributed by atoms with E-state index in [9.17, 15) is 9.59 Å². The van der Waals surface area contributed by atoms with Gasteiger partial charge in [-0.3, -0.25) is 19.3 Å². The minimum absolute atomic E-state index is 0.0180. The molecule has 0 aliphatic heterocycles. The van der Waals surface area contributed by atoms with Crippen LogP contribution in [0.3, 0.4) is 0 Å². The molecule has 37 heavy (non-hydrogen) atoms. The van der Waals surface area contributed by atoms with Crippen LogP contribution < -0.4 is 15.4 Å². The van der Waals surface area contributed by atoms with Gasteiger partial charge in [-0.05, 0) is 73.6 Å². The summed E-state index contributed by atoms with van der Waals surface area (Å²) in [4.78, 5) is 29.0.